The molecule has 2 heterocycles. The van der Waals surface area contributed by atoms with Gasteiger partial charge in [-0.25, -0.2) is 9.97 Å². The summed E-state index contributed by atoms with van der Waals surface area (Å²) in [6.07, 6.45) is 0. The first-order valence-corrected chi connectivity index (χ1v) is 6.71. The van der Waals surface area contributed by atoms with Gasteiger partial charge in [0.1, 0.15) is 0 Å². The van der Waals surface area contributed by atoms with Crippen molar-refractivity contribution < 1.29 is 4.79 Å². The Kier molecular flexibility index (Phi) is 2.62. The molecule has 0 spiro atoms. The summed E-state index contributed by atoms with van der Waals surface area (Å²) in [5.74, 6) is -0.419. The molecule has 2 aromatic carbocycles. The third-order valence-electron chi connectivity index (χ3n) is 3.42. The van der Waals surface area contributed by atoms with Crippen LogP contribution < -0.4 is 5.56 Å². The van der Waals surface area contributed by atoms with Crippen molar-refractivity contribution in [3.63, 3.8) is 0 Å². The molecule has 2 aromatic heterocycles. The molecule has 0 saturated heterocycles. The summed E-state index contributed by atoms with van der Waals surface area (Å²) in [7, 11) is 0. The maximum absolute atomic E-state index is 12.5. The first-order chi connectivity index (χ1) is 10.7. The molecule has 4 aromatic rings. The van der Waals surface area contributed by atoms with E-state index in [-0.39, 0.29) is 11.5 Å². The van der Waals surface area contributed by atoms with Crippen LogP contribution in [-0.2, 0) is 0 Å². The zero-order valence-electron chi connectivity index (χ0n) is 11.3. The minimum absolute atomic E-state index is 0.106. The highest BCUT2D eigenvalue weighted by Gasteiger charge is 2.19. The number of hydrogen-bond donors (Lipinski definition) is 2. The highest BCUT2D eigenvalue weighted by molar-refractivity contribution is 6.07. The van der Waals surface area contributed by atoms with Gasteiger partial charge in [0.05, 0.1) is 22.1 Å². The number of carbonyl (C=O) groups excluding carboxylic acids is 1. The molecule has 0 saturated carbocycles. The number of hydrogen-bond acceptors (Lipinski definition) is 4. The number of nitrogens with one attached hydrogen (secondary N) is 2. The van der Waals surface area contributed by atoms with E-state index in [2.05, 4.69) is 19.9 Å². The number of para-hydroxylation sites is 4. The van der Waals surface area contributed by atoms with E-state index >= 15 is 0 Å². The summed E-state index contributed by atoms with van der Waals surface area (Å²) >= 11 is 0. The highest BCUT2D eigenvalue weighted by Crippen LogP contribution is 2.13. The molecule has 0 radical (unpaired) electrons. The zero-order chi connectivity index (χ0) is 15.1. The molecule has 0 unspecified atom stereocenters. The Morgan fingerprint density at radius 3 is 2.09 bits per heavy atom. The van der Waals surface area contributed by atoms with Crippen LogP contribution in [0.5, 0.6) is 0 Å². The number of aromatic nitrogens is 4. The van der Waals surface area contributed by atoms with E-state index in [0.717, 1.165) is 5.52 Å². The zero-order valence-corrected chi connectivity index (χ0v) is 11.3. The predicted molar refractivity (Wildman–Crippen MR) is 81.9 cm³/mol. The Morgan fingerprint density at radius 2 is 1.41 bits per heavy atom. The Balaban J connectivity index is 1.88. The largest absolute Gasteiger partial charge is 0.335 e. The molecule has 0 aliphatic heterocycles. The lowest BCUT2D eigenvalue weighted by Crippen LogP contribution is -2.21. The Hall–Kier alpha value is -3.28. The standard InChI is InChI=1S/C16H10N4O2/c21-14(15-18-10-6-2-3-7-11(10)19-15)13-16(22)20-12-8-4-1-5-9(12)17-13/h1-8H,(H,18,19)(H,20,22). The Labute approximate surface area is 123 Å². The maximum Gasteiger partial charge on any atom is 0.278 e. The van der Waals surface area contributed by atoms with Gasteiger partial charge in [-0.15, -0.1) is 0 Å². The molecule has 0 amide bonds. The van der Waals surface area contributed by atoms with Crippen molar-refractivity contribution in [3.8, 4) is 0 Å². The van der Waals surface area contributed by atoms with Gasteiger partial charge in [-0.05, 0) is 24.3 Å². The monoisotopic (exact) mass is 290 g/mol. The van der Waals surface area contributed by atoms with Crippen molar-refractivity contribution in [1.82, 2.24) is 19.9 Å². The molecule has 0 aliphatic rings. The lowest BCUT2D eigenvalue weighted by atomic mass is 10.2. The second-order valence-electron chi connectivity index (χ2n) is 4.86. The number of imidazole rings is 1. The van der Waals surface area contributed by atoms with Gasteiger partial charge in [0, 0.05) is 0 Å². The second-order valence-corrected chi connectivity index (χ2v) is 4.86. The van der Waals surface area contributed by atoms with Gasteiger partial charge >= 0.3 is 0 Å². The third-order valence-corrected chi connectivity index (χ3v) is 3.42. The number of aromatic amines is 2. The lowest BCUT2D eigenvalue weighted by Gasteiger charge is -1.99. The van der Waals surface area contributed by atoms with Gasteiger partial charge in [-0.3, -0.25) is 9.59 Å². The number of H-pyrrole nitrogens is 2. The van der Waals surface area contributed by atoms with Crippen LogP contribution >= 0.6 is 0 Å². The summed E-state index contributed by atoms with van der Waals surface area (Å²) in [4.78, 5) is 38.5. The molecular formula is C16H10N4O2. The minimum Gasteiger partial charge on any atom is -0.335 e. The second kappa shape index (κ2) is 4.63. The molecule has 0 aliphatic carbocycles. The first-order valence-electron chi connectivity index (χ1n) is 6.71. The molecule has 0 fully saturated rings. The number of fused-ring (bicyclic) bond motifs is 2. The number of ketones is 1. The van der Waals surface area contributed by atoms with Crippen molar-refractivity contribution in [1.29, 1.82) is 0 Å². The van der Waals surface area contributed by atoms with Crippen LogP contribution in [0.2, 0.25) is 0 Å². The summed E-state index contributed by atoms with van der Waals surface area (Å²) < 4.78 is 0. The number of carbonyl (C=O) groups is 1. The average molecular weight is 290 g/mol. The SMILES string of the molecule is O=C(c1nc2ccccc2[nH]1)c1nc2ccccc2[nH]c1=O. The normalized spacial score (nSPS) is 11.1. The molecule has 22 heavy (non-hydrogen) atoms. The van der Waals surface area contributed by atoms with E-state index in [0.29, 0.717) is 16.6 Å². The third kappa shape index (κ3) is 1.89. The summed E-state index contributed by atoms with van der Waals surface area (Å²) in [5, 5.41) is 0. The molecule has 6 heteroatoms. The fourth-order valence-electron chi connectivity index (χ4n) is 2.36. The quantitative estimate of drug-likeness (QED) is 0.552. The molecule has 4 rings (SSSR count). The van der Waals surface area contributed by atoms with Gasteiger partial charge < -0.3 is 9.97 Å². The predicted octanol–water partition coefficient (Wildman–Crippen LogP) is 2.03. The van der Waals surface area contributed by atoms with Crippen LogP contribution in [0.4, 0.5) is 0 Å². The van der Waals surface area contributed by atoms with Crippen LogP contribution in [0.1, 0.15) is 16.3 Å². The Morgan fingerprint density at radius 1 is 0.818 bits per heavy atom. The van der Waals surface area contributed by atoms with E-state index in [9.17, 15) is 9.59 Å². The van der Waals surface area contributed by atoms with Crippen molar-refractivity contribution in [3.05, 3.63) is 70.4 Å². The maximum atomic E-state index is 12.5. The van der Waals surface area contributed by atoms with E-state index < -0.39 is 11.3 Å². The fraction of sp³-hybridized carbons (Fsp3) is 0. The van der Waals surface area contributed by atoms with Gasteiger partial charge in [0.15, 0.2) is 11.5 Å². The van der Waals surface area contributed by atoms with E-state index in [1.807, 2.05) is 18.2 Å². The smallest absolute Gasteiger partial charge is 0.278 e. The Bertz CT molecular complexity index is 1050. The van der Waals surface area contributed by atoms with Crippen molar-refractivity contribution in [2.24, 2.45) is 0 Å². The van der Waals surface area contributed by atoms with Gasteiger partial charge in [0.25, 0.3) is 11.3 Å². The van der Waals surface area contributed by atoms with Crippen LogP contribution in [0.3, 0.4) is 0 Å². The van der Waals surface area contributed by atoms with E-state index in [4.69, 9.17) is 0 Å². The van der Waals surface area contributed by atoms with E-state index in [1.54, 1.807) is 30.3 Å². The number of nitrogens with zero attached hydrogens (tertiary/aromatic N) is 2. The van der Waals surface area contributed by atoms with Crippen molar-refractivity contribution >= 4 is 27.9 Å². The number of benzene rings is 2. The van der Waals surface area contributed by atoms with Gasteiger partial charge in [0.2, 0.25) is 0 Å². The van der Waals surface area contributed by atoms with E-state index in [1.165, 1.54) is 0 Å². The highest BCUT2D eigenvalue weighted by atomic mass is 16.1. The first kappa shape index (κ1) is 12.5. The van der Waals surface area contributed by atoms with Gasteiger partial charge in [-0.1, -0.05) is 24.3 Å². The lowest BCUT2D eigenvalue weighted by molar-refractivity contribution is 0.102. The van der Waals surface area contributed by atoms with Crippen LogP contribution in [0.25, 0.3) is 22.1 Å². The fourth-order valence-corrected chi connectivity index (χ4v) is 2.36. The molecule has 106 valence electrons. The minimum atomic E-state index is -0.525. The van der Waals surface area contributed by atoms with Gasteiger partial charge in [-0.2, -0.15) is 0 Å². The van der Waals surface area contributed by atoms with Crippen LogP contribution in [0, 0.1) is 0 Å². The van der Waals surface area contributed by atoms with Crippen molar-refractivity contribution in [2.45, 2.75) is 0 Å². The topological polar surface area (TPSA) is 91.5 Å². The average Bonchev–Trinajstić information content (AvgIpc) is 2.97. The molecule has 2 N–H and O–H groups in total. The van der Waals surface area contributed by atoms with Crippen LogP contribution in [0.15, 0.2) is 53.3 Å². The molecule has 6 nitrogen and oxygen atoms in total. The number of rotatable bonds is 2. The summed E-state index contributed by atoms with van der Waals surface area (Å²) in [6.45, 7) is 0. The summed E-state index contributed by atoms with van der Waals surface area (Å²) in [5.41, 5.74) is 1.86. The molecule has 0 atom stereocenters. The van der Waals surface area contributed by atoms with Crippen LogP contribution in [-0.4, -0.2) is 25.7 Å². The molecular weight excluding hydrogens is 280 g/mol. The van der Waals surface area contributed by atoms with Crippen molar-refractivity contribution in [2.75, 3.05) is 0 Å². The summed E-state index contributed by atoms with van der Waals surface area (Å²) in [6, 6.07) is 14.3. The molecule has 0 bridgehead atoms.